The third-order valence-electron chi connectivity index (χ3n) is 5.47. The van der Waals surface area contributed by atoms with Crippen LogP contribution in [0.15, 0.2) is 12.1 Å². The Bertz CT molecular complexity index is 763. The molecule has 0 bridgehead atoms. The van der Waals surface area contributed by atoms with Crippen molar-refractivity contribution in [3.63, 3.8) is 0 Å². The topological polar surface area (TPSA) is 109 Å². The first-order valence-corrected chi connectivity index (χ1v) is 10.3. The Morgan fingerprint density at radius 1 is 1.17 bits per heavy atom. The predicted octanol–water partition coefficient (Wildman–Crippen LogP) is 0.650. The van der Waals surface area contributed by atoms with Gasteiger partial charge in [0.15, 0.2) is 11.5 Å². The van der Waals surface area contributed by atoms with Gasteiger partial charge in [0.2, 0.25) is 5.91 Å². The molecule has 30 heavy (non-hydrogen) atoms. The van der Waals surface area contributed by atoms with Crippen LogP contribution in [-0.2, 0) is 20.7 Å². The summed E-state index contributed by atoms with van der Waals surface area (Å²) in [6.45, 7) is 4.88. The molecule has 1 unspecified atom stereocenters. The van der Waals surface area contributed by atoms with E-state index < -0.39 is 0 Å². The number of fused-ring (bicyclic) bond motifs is 1. The van der Waals surface area contributed by atoms with Crippen LogP contribution in [0.1, 0.15) is 12.0 Å². The van der Waals surface area contributed by atoms with Crippen LogP contribution in [0.5, 0.6) is 11.5 Å². The summed E-state index contributed by atoms with van der Waals surface area (Å²) in [5.41, 5.74) is 0.430. The molecule has 4 rings (SSSR count). The van der Waals surface area contributed by atoms with Crippen molar-refractivity contribution in [1.29, 1.82) is 0 Å². The number of hydrogen-bond donors (Lipinski definition) is 2. The fourth-order valence-electron chi connectivity index (χ4n) is 4.08. The number of benzene rings is 1. The van der Waals surface area contributed by atoms with Gasteiger partial charge in [-0.25, -0.2) is 0 Å². The number of aliphatic hydroxyl groups excluding tert-OH is 1. The second-order valence-electron chi connectivity index (χ2n) is 7.47. The number of hydrogen-bond acceptors (Lipinski definition) is 7. The van der Waals surface area contributed by atoms with Gasteiger partial charge in [0.05, 0.1) is 31.8 Å². The maximum atomic E-state index is 12.9. The van der Waals surface area contributed by atoms with Crippen LogP contribution in [0.2, 0.25) is 5.02 Å². The molecule has 0 aliphatic carbocycles. The van der Waals surface area contributed by atoms with E-state index in [9.17, 15) is 4.79 Å². The summed E-state index contributed by atoms with van der Waals surface area (Å²) in [4.78, 5) is 25.3. The molecular weight excluding hydrogens is 416 g/mol. The summed E-state index contributed by atoms with van der Waals surface area (Å²) in [7, 11) is 0. The lowest BCUT2D eigenvalue weighted by molar-refractivity contribution is -0.148. The van der Waals surface area contributed by atoms with Gasteiger partial charge in [0, 0.05) is 37.3 Å². The summed E-state index contributed by atoms with van der Waals surface area (Å²) >= 11 is 6.36. The third kappa shape index (κ3) is 5.34. The Labute approximate surface area is 180 Å². The molecule has 166 valence electrons. The number of morpholine rings is 1. The Morgan fingerprint density at radius 3 is 2.57 bits per heavy atom. The lowest BCUT2D eigenvalue weighted by Crippen LogP contribution is -2.55. The van der Waals surface area contributed by atoms with Gasteiger partial charge in [-0.2, -0.15) is 0 Å². The first-order chi connectivity index (χ1) is 14.5. The molecule has 10 heteroatoms. The molecule has 1 spiro atoms. The normalized spacial score (nSPS) is 23.1. The Kier molecular flexibility index (Phi) is 7.76. The minimum Gasteiger partial charge on any atom is -0.486 e. The van der Waals surface area contributed by atoms with Crippen LogP contribution in [0.4, 0.5) is 0 Å². The molecule has 2 saturated heterocycles. The molecule has 3 aliphatic heterocycles. The molecule has 0 saturated carbocycles. The van der Waals surface area contributed by atoms with Crippen molar-refractivity contribution in [1.82, 2.24) is 9.80 Å². The SMILES string of the molecule is O=C(Cc1cc2c(cc1Cl)OCCO2)N1CCOC2(CCN(CCO)C2)C1.O=CO. The smallest absolute Gasteiger partial charge is 0.290 e. The lowest BCUT2D eigenvalue weighted by Gasteiger charge is -2.40. The molecule has 2 fully saturated rings. The molecule has 1 amide bonds. The monoisotopic (exact) mass is 442 g/mol. The first kappa shape index (κ1) is 22.6. The Balaban J connectivity index is 0.000000806. The maximum Gasteiger partial charge on any atom is 0.290 e. The number of aliphatic hydroxyl groups is 1. The van der Waals surface area contributed by atoms with Gasteiger partial charge in [-0.3, -0.25) is 14.5 Å². The maximum absolute atomic E-state index is 12.9. The van der Waals surface area contributed by atoms with Gasteiger partial charge in [0.1, 0.15) is 13.2 Å². The second kappa shape index (κ2) is 10.3. The van der Waals surface area contributed by atoms with Crippen molar-refractivity contribution in [3.05, 3.63) is 22.7 Å². The summed E-state index contributed by atoms with van der Waals surface area (Å²) in [6.07, 6.45) is 1.10. The summed E-state index contributed by atoms with van der Waals surface area (Å²) in [6, 6.07) is 3.53. The molecule has 3 heterocycles. The van der Waals surface area contributed by atoms with Gasteiger partial charge in [0.25, 0.3) is 6.47 Å². The van der Waals surface area contributed by atoms with Crippen molar-refractivity contribution < 1.29 is 34.0 Å². The zero-order valence-corrected chi connectivity index (χ0v) is 17.5. The van der Waals surface area contributed by atoms with Crippen LogP contribution in [0.3, 0.4) is 0 Å². The van der Waals surface area contributed by atoms with Gasteiger partial charge in [-0.15, -0.1) is 0 Å². The van der Waals surface area contributed by atoms with E-state index in [-0.39, 0.29) is 31.0 Å². The minimum absolute atomic E-state index is 0.0388. The largest absolute Gasteiger partial charge is 0.486 e. The van der Waals surface area contributed by atoms with Crippen LogP contribution >= 0.6 is 11.6 Å². The van der Waals surface area contributed by atoms with Gasteiger partial charge in [-0.1, -0.05) is 11.6 Å². The number of rotatable bonds is 4. The van der Waals surface area contributed by atoms with E-state index >= 15 is 0 Å². The van der Waals surface area contributed by atoms with Gasteiger partial charge in [-0.05, 0) is 18.1 Å². The van der Waals surface area contributed by atoms with Crippen molar-refractivity contribution >= 4 is 24.0 Å². The van der Waals surface area contributed by atoms with E-state index in [0.29, 0.717) is 56.0 Å². The fourth-order valence-corrected chi connectivity index (χ4v) is 4.30. The van der Waals surface area contributed by atoms with E-state index in [0.717, 1.165) is 25.1 Å². The fraction of sp³-hybridized carbons (Fsp3) is 0.600. The zero-order valence-electron chi connectivity index (χ0n) is 16.7. The lowest BCUT2D eigenvalue weighted by atomic mass is 10.00. The van der Waals surface area contributed by atoms with E-state index in [1.54, 1.807) is 6.07 Å². The highest BCUT2D eigenvalue weighted by molar-refractivity contribution is 6.31. The number of carbonyl (C=O) groups excluding carboxylic acids is 1. The molecule has 0 radical (unpaired) electrons. The van der Waals surface area contributed by atoms with Crippen molar-refractivity contribution in [2.24, 2.45) is 0 Å². The van der Waals surface area contributed by atoms with E-state index in [1.807, 2.05) is 11.0 Å². The van der Waals surface area contributed by atoms with Crippen LogP contribution in [0, 0.1) is 0 Å². The molecular formula is C20H27ClN2O7. The highest BCUT2D eigenvalue weighted by atomic mass is 35.5. The first-order valence-electron chi connectivity index (χ1n) is 9.91. The van der Waals surface area contributed by atoms with Crippen molar-refractivity contribution in [2.75, 3.05) is 59.2 Å². The number of ether oxygens (including phenoxy) is 3. The van der Waals surface area contributed by atoms with Gasteiger partial charge >= 0.3 is 0 Å². The summed E-state index contributed by atoms with van der Waals surface area (Å²) in [5.74, 6) is 1.31. The Morgan fingerprint density at radius 2 is 1.87 bits per heavy atom. The number of halogens is 1. The average Bonchev–Trinajstić information content (AvgIpc) is 3.11. The highest BCUT2D eigenvalue weighted by Crippen LogP contribution is 2.36. The molecule has 9 nitrogen and oxygen atoms in total. The number of likely N-dealkylation sites (tertiary alicyclic amines) is 1. The molecule has 0 aromatic heterocycles. The average molecular weight is 443 g/mol. The summed E-state index contributed by atoms with van der Waals surface area (Å²) < 4.78 is 17.2. The van der Waals surface area contributed by atoms with E-state index in [4.69, 9.17) is 40.8 Å². The molecule has 1 aromatic carbocycles. The number of carbonyl (C=O) groups is 2. The van der Waals surface area contributed by atoms with Crippen molar-refractivity contribution in [2.45, 2.75) is 18.4 Å². The van der Waals surface area contributed by atoms with Crippen LogP contribution in [0.25, 0.3) is 0 Å². The number of β-amino-alcohol motifs (C(OH)–C–C–N with tert-alkyl or cyclic N) is 1. The molecule has 1 atom stereocenters. The number of nitrogens with zero attached hydrogens (tertiary/aromatic N) is 2. The van der Waals surface area contributed by atoms with Gasteiger partial charge < -0.3 is 29.3 Å². The van der Waals surface area contributed by atoms with E-state index in [2.05, 4.69) is 4.90 Å². The zero-order chi connectivity index (χ0) is 21.6. The minimum atomic E-state index is -0.320. The highest BCUT2D eigenvalue weighted by Gasteiger charge is 2.43. The third-order valence-corrected chi connectivity index (χ3v) is 5.82. The van der Waals surface area contributed by atoms with Crippen LogP contribution < -0.4 is 9.47 Å². The Hall–Kier alpha value is -2.07. The molecule has 1 aromatic rings. The van der Waals surface area contributed by atoms with E-state index in [1.165, 1.54) is 0 Å². The summed E-state index contributed by atoms with van der Waals surface area (Å²) in [5, 5.41) is 16.6. The molecule has 3 aliphatic rings. The van der Waals surface area contributed by atoms with Crippen molar-refractivity contribution in [3.8, 4) is 11.5 Å². The predicted molar refractivity (Wildman–Crippen MR) is 108 cm³/mol. The molecule has 2 N–H and O–H groups in total. The van der Waals surface area contributed by atoms with Crippen LogP contribution in [-0.4, -0.2) is 97.1 Å². The number of carboxylic acid groups (broad SMARTS) is 1. The standard InChI is InChI=1S/C19H25ClN2O5.CH2O2/c20-15-11-17-16(25-7-8-26-17)9-14(15)10-18(24)22-4-6-27-19(13-22)1-2-21(12-19)3-5-23;2-1-3/h9,11,23H,1-8,10,12-13H2;1H,(H,2,3). The number of amides is 1. The quantitative estimate of drug-likeness (QED) is 0.654. The second-order valence-corrected chi connectivity index (χ2v) is 7.87.